The molecule has 0 spiro atoms. The summed E-state index contributed by atoms with van der Waals surface area (Å²) >= 11 is 0. The zero-order valence-corrected chi connectivity index (χ0v) is 23.9. The van der Waals surface area contributed by atoms with Gasteiger partial charge in [-0.15, -0.1) is 0 Å². The van der Waals surface area contributed by atoms with E-state index in [4.69, 9.17) is 9.40 Å². The van der Waals surface area contributed by atoms with E-state index in [0.29, 0.717) is 61.7 Å². The second-order valence-electron chi connectivity index (χ2n) is 9.88. The largest absolute Gasteiger partial charge is 0.455 e. The number of nitrogens with zero attached hydrogens (tertiary/aromatic N) is 4. The van der Waals surface area contributed by atoms with Gasteiger partial charge in [-0.05, 0) is 31.2 Å². The first-order valence-corrected chi connectivity index (χ1v) is 14.7. The van der Waals surface area contributed by atoms with Crippen molar-refractivity contribution in [3.63, 3.8) is 0 Å². The Morgan fingerprint density at radius 1 is 1.02 bits per heavy atom. The van der Waals surface area contributed by atoms with Crippen LogP contribution in [0.2, 0.25) is 0 Å². The number of carbonyl (C=O) groups excluding carboxylic acids is 1. The molecule has 6 aromatic rings. The van der Waals surface area contributed by atoms with Crippen molar-refractivity contribution in [3.8, 4) is 34.1 Å². The highest BCUT2D eigenvalue weighted by molar-refractivity contribution is 7.92. The molecule has 0 radical (unpaired) electrons. The Bertz CT molecular complexity index is 2120. The van der Waals surface area contributed by atoms with Crippen molar-refractivity contribution in [2.45, 2.75) is 6.92 Å². The molecule has 12 heteroatoms. The molecule has 6 rings (SSSR count). The lowest BCUT2D eigenvalue weighted by molar-refractivity contribution is 0.0964. The van der Waals surface area contributed by atoms with Crippen molar-refractivity contribution in [2.24, 2.45) is 0 Å². The normalized spacial score (nSPS) is 11.7. The Morgan fingerprint density at radius 3 is 2.48 bits per heavy atom. The molecule has 2 N–H and O–H groups in total. The van der Waals surface area contributed by atoms with Gasteiger partial charge >= 0.3 is 0 Å². The van der Waals surface area contributed by atoms with Crippen molar-refractivity contribution in [1.29, 1.82) is 0 Å². The third-order valence-electron chi connectivity index (χ3n) is 7.01. The summed E-state index contributed by atoms with van der Waals surface area (Å²) in [7, 11) is -0.756. The SMILES string of the molecule is CNC(=O)c1c(-c2ccc(C)cc2)oc2cc(N(C)S(C)(=O)=O)c(-c3cncc(-c4nc5ccc(F)cc5[nH]4)n3)cc12. The molecule has 3 aromatic carbocycles. The summed E-state index contributed by atoms with van der Waals surface area (Å²) in [5.41, 5.74) is 4.76. The van der Waals surface area contributed by atoms with Crippen LogP contribution < -0.4 is 9.62 Å². The number of imidazole rings is 1. The second-order valence-corrected chi connectivity index (χ2v) is 11.9. The van der Waals surface area contributed by atoms with Gasteiger partial charge in [0.15, 0.2) is 5.82 Å². The number of amides is 1. The molecule has 0 fully saturated rings. The second kappa shape index (κ2) is 10.1. The number of furan rings is 1. The number of aryl methyl sites for hydroxylation is 1. The fourth-order valence-electron chi connectivity index (χ4n) is 4.75. The summed E-state index contributed by atoms with van der Waals surface area (Å²) in [6.45, 7) is 1.96. The van der Waals surface area contributed by atoms with Crippen LogP contribution in [-0.4, -0.2) is 54.6 Å². The number of H-pyrrole nitrogens is 1. The minimum Gasteiger partial charge on any atom is -0.455 e. The molecule has 0 aliphatic carbocycles. The highest BCUT2D eigenvalue weighted by Gasteiger charge is 2.26. The summed E-state index contributed by atoms with van der Waals surface area (Å²) in [6, 6.07) is 15.0. The number of halogens is 1. The van der Waals surface area contributed by atoms with E-state index >= 15 is 0 Å². The van der Waals surface area contributed by atoms with Crippen molar-refractivity contribution in [3.05, 3.63) is 83.9 Å². The Hall–Kier alpha value is -5.10. The minimum atomic E-state index is -3.71. The maximum absolute atomic E-state index is 13.8. The zero-order valence-electron chi connectivity index (χ0n) is 23.1. The van der Waals surface area contributed by atoms with Crippen LogP contribution in [0.5, 0.6) is 0 Å². The number of sulfonamides is 1. The van der Waals surface area contributed by atoms with Crippen LogP contribution in [0.1, 0.15) is 15.9 Å². The van der Waals surface area contributed by atoms with Crippen molar-refractivity contribution < 1.29 is 22.0 Å². The predicted molar refractivity (Wildman–Crippen MR) is 159 cm³/mol. The third kappa shape index (κ3) is 4.75. The van der Waals surface area contributed by atoms with Gasteiger partial charge in [0.25, 0.3) is 5.91 Å². The summed E-state index contributed by atoms with van der Waals surface area (Å²) < 4.78 is 46.5. The van der Waals surface area contributed by atoms with Crippen LogP contribution in [0.3, 0.4) is 0 Å². The Kier molecular flexibility index (Phi) is 6.49. The summed E-state index contributed by atoms with van der Waals surface area (Å²) in [5, 5.41) is 3.15. The lowest BCUT2D eigenvalue weighted by atomic mass is 10.0. The van der Waals surface area contributed by atoms with Gasteiger partial charge in [-0.1, -0.05) is 29.8 Å². The number of aromatic amines is 1. The van der Waals surface area contributed by atoms with E-state index in [-0.39, 0.29) is 11.6 Å². The molecule has 0 atom stereocenters. The summed E-state index contributed by atoms with van der Waals surface area (Å²) in [5.74, 6) is -0.0611. The fraction of sp³-hybridized carbons (Fsp3) is 0.133. The van der Waals surface area contributed by atoms with Gasteiger partial charge in [-0.2, -0.15) is 0 Å². The quantitative estimate of drug-likeness (QED) is 0.271. The molecule has 1 amide bonds. The van der Waals surface area contributed by atoms with Gasteiger partial charge in [0.05, 0.1) is 46.6 Å². The van der Waals surface area contributed by atoms with Crippen LogP contribution in [0, 0.1) is 12.7 Å². The molecule has 3 heterocycles. The van der Waals surface area contributed by atoms with E-state index in [1.807, 2.05) is 31.2 Å². The third-order valence-corrected chi connectivity index (χ3v) is 8.20. The van der Waals surface area contributed by atoms with Crippen LogP contribution >= 0.6 is 0 Å². The first kappa shape index (κ1) is 27.1. The molecule has 0 bridgehead atoms. The molecule has 0 saturated carbocycles. The van der Waals surface area contributed by atoms with E-state index in [0.717, 1.165) is 16.1 Å². The molecule has 212 valence electrons. The molecular formula is C30H25FN6O4S. The van der Waals surface area contributed by atoms with Gasteiger partial charge in [-0.25, -0.2) is 22.8 Å². The number of benzene rings is 3. The number of fused-ring (bicyclic) bond motifs is 2. The number of hydrogen-bond donors (Lipinski definition) is 2. The molecule has 3 aromatic heterocycles. The van der Waals surface area contributed by atoms with E-state index in [9.17, 15) is 17.6 Å². The first-order valence-electron chi connectivity index (χ1n) is 12.8. The monoisotopic (exact) mass is 584 g/mol. The lowest BCUT2D eigenvalue weighted by Gasteiger charge is -2.20. The molecule has 0 unspecified atom stereocenters. The molecule has 10 nitrogen and oxygen atoms in total. The van der Waals surface area contributed by atoms with Crippen molar-refractivity contribution in [2.75, 3.05) is 24.7 Å². The minimum absolute atomic E-state index is 0.274. The highest BCUT2D eigenvalue weighted by atomic mass is 32.2. The number of aromatic nitrogens is 4. The van der Waals surface area contributed by atoms with Gasteiger partial charge in [-0.3, -0.25) is 14.1 Å². The number of nitrogens with one attached hydrogen (secondary N) is 2. The average molecular weight is 585 g/mol. The van der Waals surface area contributed by atoms with Gasteiger partial charge < -0.3 is 14.7 Å². The average Bonchev–Trinajstić information content (AvgIpc) is 3.56. The van der Waals surface area contributed by atoms with Gasteiger partial charge in [0.2, 0.25) is 10.0 Å². The Morgan fingerprint density at radius 2 is 1.76 bits per heavy atom. The van der Waals surface area contributed by atoms with Crippen LogP contribution in [-0.2, 0) is 10.0 Å². The first-order chi connectivity index (χ1) is 20.0. The Labute approximate surface area is 240 Å². The molecular weight excluding hydrogens is 559 g/mol. The standard InChI is InChI=1S/C30H25FN6O4S/c1-16-5-7-17(8-6-16)28-27(30(38)32-2)20-12-19(25(13-26(20)41-28)37(3)42(4,39)40)23-14-33-15-24(34-23)29-35-21-10-9-18(31)11-22(21)36-29/h5-15H,1-4H3,(H,32,38)(H,35,36). The molecule has 0 aliphatic rings. The highest BCUT2D eigenvalue weighted by Crippen LogP contribution is 2.41. The fourth-order valence-corrected chi connectivity index (χ4v) is 5.26. The van der Waals surface area contributed by atoms with Crippen LogP contribution in [0.25, 0.3) is 56.1 Å². The maximum atomic E-state index is 13.8. The van der Waals surface area contributed by atoms with Crippen molar-refractivity contribution in [1.82, 2.24) is 25.3 Å². The van der Waals surface area contributed by atoms with Crippen molar-refractivity contribution >= 4 is 43.6 Å². The maximum Gasteiger partial charge on any atom is 0.255 e. The summed E-state index contributed by atoms with van der Waals surface area (Å²) in [4.78, 5) is 29.8. The molecule has 0 aliphatic heterocycles. The number of carbonyl (C=O) groups is 1. The van der Waals surface area contributed by atoms with Gasteiger partial charge in [0, 0.05) is 36.7 Å². The number of hydrogen-bond acceptors (Lipinski definition) is 7. The Balaban J connectivity index is 1.60. The molecule has 42 heavy (non-hydrogen) atoms. The van der Waals surface area contributed by atoms with E-state index in [2.05, 4.69) is 20.3 Å². The summed E-state index contributed by atoms with van der Waals surface area (Å²) in [6.07, 6.45) is 4.08. The number of anilines is 1. The number of rotatable bonds is 6. The van der Waals surface area contributed by atoms with E-state index in [1.165, 1.54) is 38.6 Å². The van der Waals surface area contributed by atoms with Gasteiger partial charge in [0.1, 0.15) is 22.9 Å². The van der Waals surface area contributed by atoms with E-state index < -0.39 is 15.8 Å². The topological polar surface area (TPSA) is 134 Å². The van der Waals surface area contributed by atoms with E-state index in [1.54, 1.807) is 18.2 Å². The predicted octanol–water partition coefficient (Wildman–Crippen LogP) is 5.30. The zero-order chi connectivity index (χ0) is 29.8. The van der Waals surface area contributed by atoms with Crippen LogP contribution in [0.15, 0.2) is 71.4 Å². The molecule has 0 saturated heterocycles. The van der Waals surface area contributed by atoms with Crippen LogP contribution in [0.4, 0.5) is 10.1 Å². The smallest absolute Gasteiger partial charge is 0.255 e. The lowest BCUT2D eigenvalue weighted by Crippen LogP contribution is -2.25.